The number of carboxylic acids is 1. The van der Waals surface area contributed by atoms with E-state index in [1.807, 2.05) is 11.9 Å². The number of nitrogens with zero attached hydrogens (tertiary/aromatic N) is 2. The number of pyridine rings is 1. The fourth-order valence-corrected chi connectivity index (χ4v) is 2.25. The summed E-state index contributed by atoms with van der Waals surface area (Å²) < 4.78 is 0. The molecular formula is C12H17ClN2O2S. The molecule has 0 amide bonds. The maximum atomic E-state index is 11.0. The molecule has 0 aliphatic rings. The minimum Gasteiger partial charge on any atom is -0.478 e. The second-order valence-electron chi connectivity index (χ2n) is 4.07. The standard InChI is InChI=1S/C12H17ClN2O2S/c1-8(4-5-18-3)15(2)11-6-9(12(16)17)10(13)7-14-11/h6-8H,4-5H2,1-3H3,(H,16,17). The molecule has 0 aromatic carbocycles. The van der Waals surface area contributed by atoms with Gasteiger partial charge in [0.05, 0.1) is 10.6 Å². The normalized spacial score (nSPS) is 12.2. The van der Waals surface area contributed by atoms with Crippen LogP contribution in [0.3, 0.4) is 0 Å². The largest absolute Gasteiger partial charge is 0.478 e. The number of rotatable bonds is 6. The molecule has 1 rings (SSSR count). The van der Waals surface area contributed by atoms with E-state index in [9.17, 15) is 4.79 Å². The molecule has 1 N–H and O–H groups in total. The number of halogens is 1. The number of carbonyl (C=O) groups is 1. The van der Waals surface area contributed by atoms with Crippen LogP contribution >= 0.6 is 23.4 Å². The Morgan fingerprint density at radius 2 is 2.33 bits per heavy atom. The average molecular weight is 289 g/mol. The van der Waals surface area contributed by atoms with E-state index >= 15 is 0 Å². The van der Waals surface area contributed by atoms with Crippen LogP contribution < -0.4 is 4.90 Å². The first-order chi connectivity index (χ1) is 8.47. The van der Waals surface area contributed by atoms with Gasteiger partial charge in [-0.15, -0.1) is 0 Å². The minimum atomic E-state index is -1.03. The van der Waals surface area contributed by atoms with Crippen molar-refractivity contribution in [2.75, 3.05) is 24.0 Å². The molecule has 0 aliphatic heterocycles. The highest BCUT2D eigenvalue weighted by molar-refractivity contribution is 7.98. The first kappa shape index (κ1) is 15.1. The van der Waals surface area contributed by atoms with Gasteiger partial charge in [0.15, 0.2) is 0 Å². The van der Waals surface area contributed by atoms with Crippen LogP contribution in [0.4, 0.5) is 5.82 Å². The van der Waals surface area contributed by atoms with Gasteiger partial charge in [0.2, 0.25) is 0 Å². The van der Waals surface area contributed by atoms with E-state index in [1.54, 1.807) is 11.8 Å². The molecule has 100 valence electrons. The van der Waals surface area contributed by atoms with Gasteiger partial charge in [0, 0.05) is 19.3 Å². The smallest absolute Gasteiger partial charge is 0.337 e. The second kappa shape index (κ2) is 6.85. The molecule has 1 heterocycles. The summed E-state index contributed by atoms with van der Waals surface area (Å²) in [6.07, 6.45) is 4.47. The Hall–Kier alpha value is -0.940. The Labute approximate surface area is 116 Å². The summed E-state index contributed by atoms with van der Waals surface area (Å²) in [6.45, 7) is 2.09. The van der Waals surface area contributed by atoms with E-state index in [-0.39, 0.29) is 10.6 Å². The van der Waals surface area contributed by atoms with Gasteiger partial charge in [-0.2, -0.15) is 11.8 Å². The van der Waals surface area contributed by atoms with Crippen molar-refractivity contribution in [2.45, 2.75) is 19.4 Å². The summed E-state index contributed by atoms with van der Waals surface area (Å²) >= 11 is 7.58. The Morgan fingerprint density at radius 1 is 1.67 bits per heavy atom. The third kappa shape index (κ3) is 3.78. The number of anilines is 1. The summed E-state index contributed by atoms with van der Waals surface area (Å²) in [6, 6.07) is 1.81. The van der Waals surface area contributed by atoms with Crippen molar-refractivity contribution in [2.24, 2.45) is 0 Å². The van der Waals surface area contributed by atoms with Gasteiger partial charge in [-0.3, -0.25) is 0 Å². The van der Waals surface area contributed by atoms with E-state index < -0.39 is 5.97 Å². The zero-order valence-corrected chi connectivity index (χ0v) is 12.3. The Bertz CT molecular complexity index is 429. The lowest BCUT2D eigenvalue weighted by atomic mass is 10.2. The van der Waals surface area contributed by atoms with Gasteiger partial charge in [0.25, 0.3) is 0 Å². The van der Waals surface area contributed by atoms with Crippen LogP contribution in [-0.2, 0) is 0 Å². The van der Waals surface area contributed by atoms with Crippen LogP contribution in [-0.4, -0.2) is 41.2 Å². The van der Waals surface area contributed by atoms with Gasteiger partial charge in [0.1, 0.15) is 5.82 Å². The molecule has 1 unspecified atom stereocenters. The van der Waals surface area contributed by atoms with Gasteiger partial charge in [-0.25, -0.2) is 9.78 Å². The molecule has 0 aliphatic carbocycles. The maximum absolute atomic E-state index is 11.0. The summed E-state index contributed by atoms with van der Waals surface area (Å²) in [7, 11) is 1.91. The lowest BCUT2D eigenvalue weighted by Gasteiger charge is -2.26. The molecule has 0 radical (unpaired) electrons. The van der Waals surface area contributed by atoms with Crippen molar-refractivity contribution < 1.29 is 9.90 Å². The zero-order valence-electron chi connectivity index (χ0n) is 10.7. The van der Waals surface area contributed by atoms with E-state index in [4.69, 9.17) is 16.7 Å². The highest BCUT2D eigenvalue weighted by atomic mass is 35.5. The summed E-state index contributed by atoms with van der Waals surface area (Å²) in [5.41, 5.74) is 0.0885. The van der Waals surface area contributed by atoms with Crippen LogP contribution in [0.1, 0.15) is 23.7 Å². The first-order valence-corrected chi connectivity index (χ1v) is 7.35. The van der Waals surface area contributed by atoms with Crippen molar-refractivity contribution >= 4 is 35.1 Å². The Balaban J connectivity index is 2.89. The number of hydrogen-bond acceptors (Lipinski definition) is 4. The second-order valence-corrected chi connectivity index (χ2v) is 5.46. The fraction of sp³-hybridized carbons (Fsp3) is 0.500. The summed E-state index contributed by atoms with van der Waals surface area (Å²) in [5, 5.41) is 9.18. The first-order valence-electron chi connectivity index (χ1n) is 5.58. The molecular weight excluding hydrogens is 272 g/mol. The molecule has 0 bridgehead atoms. The van der Waals surface area contributed by atoms with Crippen molar-refractivity contribution in [1.29, 1.82) is 0 Å². The summed E-state index contributed by atoms with van der Waals surface area (Å²) in [5.74, 6) is 0.657. The number of hydrogen-bond donors (Lipinski definition) is 1. The van der Waals surface area contributed by atoms with Gasteiger partial charge in [-0.1, -0.05) is 11.6 Å². The lowest BCUT2D eigenvalue weighted by Crippen LogP contribution is -2.30. The Kier molecular flexibility index (Phi) is 5.75. The predicted molar refractivity (Wildman–Crippen MR) is 77.1 cm³/mol. The molecule has 0 saturated carbocycles. The quantitative estimate of drug-likeness (QED) is 0.872. The van der Waals surface area contributed by atoms with Crippen molar-refractivity contribution in [1.82, 2.24) is 4.98 Å². The van der Waals surface area contributed by atoms with Crippen LogP contribution in [0.5, 0.6) is 0 Å². The number of aromatic nitrogens is 1. The number of aromatic carboxylic acids is 1. The van der Waals surface area contributed by atoms with Crippen LogP contribution in [0.2, 0.25) is 5.02 Å². The van der Waals surface area contributed by atoms with Crippen molar-refractivity contribution in [3.8, 4) is 0 Å². The molecule has 6 heteroatoms. The number of carboxylic acid groups (broad SMARTS) is 1. The fourth-order valence-electron chi connectivity index (χ4n) is 1.49. The van der Waals surface area contributed by atoms with Crippen LogP contribution in [0.15, 0.2) is 12.3 Å². The van der Waals surface area contributed by atoms with Crippen LogP contribution in [0.25, 0.3) is 0 Å². The van der Waals surface area contributed by atoms with Gasteiger partial charge < -0.3 is 10.0 Å². The number of thioether (sulfide) groups is 1. The molecule has 1 aromatic rings. The third-order valence-corrected chi connectivity index (χ3v) is 3.78. The average Bonchev–Trinajstić information content (AvgIpc) is 2.35. The Morgan fingerprint density at radius 3 is 2.89 bits per heavy atom. The van der Waals surface area contributed by atoms with Crippen molar-refractivity contribution in [3.63, 3.8) is 0 Å². The van der Waals surface area contributed by atoms with Crippen molar-refractivity contribution in [3.05, 3.63) is 22.8 Å². The highest BCUT2D eigenvalue weighted by Crippen LogP contribution is 2.22. The van der Waals surface area contributed by atoms with E-state index in [0.717, 1.165) is 12.2 Å². The predicted octanol–water partition coefficient (Wildman–Crippen LogP) is 3.01. The minimum absolute atomic E-state index is 0.0885. The maximum Gasteiger partial charge on any atom is 0.337 e. The van der Waals surface area contributed by atoms with E-state index in [1.165, 1.54) is 12.3 Å². The van der Waals surface area contributed by atoms with E-state index in [0.29, 0.717) is 11.9 Å². The zero-order chi connectivity index (χ0) is 13.7. The topological polar surface area (TPSA) is 53.4 Å². The molecule has 1 aromatic heterocycles. The van der Waals surface area contributed by atoms with Gasteiger partial charge >= 0.3 is 5.97 Å². The summed E-state index contributed by atoms with van der Waals surface area (Å²) in [4.78, 5) is 17.1. The molecule has 0 saturated heterocycles. The lowest BCUT2D eigenvalue weighted by molar-refractivity contribution is 0.0697. The molecule has 4 nitrogen and oxygen atoms in total. The van der Waals surface area contributed by atoms with Crippen LogP contribution in [0, 0.1) is 0 Å². The monoisotopic (exact) mass is 288 g/mol. The molecule has 1 atom stereocenters. The third-order valence-electron chi connectivity index (χ3n) is 2.83. The SMILES string of the molecule is CSCCC(C)N(C)c1cc(C(=O)O)c(Cl)cn1. The molecule has 18 heavy (non-hydrogen) atoms. The molecule has 0 spiro atoms. The molecule has 0 fully saturated rings. The van der Waals surface area contributed by atoms with E-state index in [2.05, 4.69) is 18.2 Å². The highest BCUT2D eigenvalue weighted by Gasteiger charge is 2.15. The van der Waals surface area contributed by atoms with Gasteiger partial charge in [-0.05, 0) is 31.4 Å².